The first-order valence-corrected chi connectivity index (χ1v) is 12.6. The number of phenolic OH excluding ortho intramolecular Hbond substituents is 1. The Morgan fingerprint density at radius 2 is 1.78 bits per heavy atom. The number of halogens is 2. The van der Waals surface area contributed by atoms with E-state index in [1.165, 1.54) is 44.6 Å². The van der Waals surface area contributed by atoms with Crippen LogP contribution in [0.3, 0.4) is 0 Å². The van der Waals surface area contributed by atoms with Crippen LogP contribution >= 0.6 is 0 Å². The fourth-order valence-electron chi connectivity index (χ4n) is 5.24. The van der Waals surface area contributed by atoms with Crippen molar-refractivity contribution in [1.82, 2.24) is 14.7 Å². The topological polar surface area (TPSA) is 120 Å². The van der Waals surface area contributed by atoms with Gasteiger partial charge >= 0.3 is 5.97 Å². The quantitative estimate of drug-likeness (QED) is 0.229. The third-order valence-electron chi connectivity index (χ3n) is 6.93. The van der Waals surface area contributed by atoms with Crippen molar-refractivity contribution >= 4 is 16.9 Å². The summed E-state index contributed by atoms with van der Waals surface area (Å²) in [5.41, 5.74) is 1.38. The summed E-state index contributed by atoms with van der Waals surface area (Å²) in [6.07, 6.45) is 0.239. The van der Waals surface area contributed by atoms with E-state index in [9.17, 15) is 23.8 Å². The van der Waals surface area contributed by atoms with E-state index in [1.54, 1.807) is 23.6 Å². The number of fused-ring (bicyclic) bond motifs is 1. The van der Waals surface area contributed by atoms with Gasteiger partial charge in [0.25, 0.3) is 0 Å². The molecule has 0 atom stereocenters. The van der Waals surface area contributed by atoms with Crippen LogP contribution in [-0.2, 0) is 11.8 Å². The maximum atomic E-state index is 14.9. The van der Waals surface area contributed by atoms with Crippen LogP contribution in [0.15, 0.2) is 53.1 Å². The summed E-state index contributed by atoms with van der Waals surface area (Å²) < 4.78 is 47.1. The molecule has 5 aromatic rings. The van der Waals surface area contributed by atoms with Gasteiger partial charge in [0.15, 0.2) is 17.4 Å². The molecular formula is C30H27F2N3O6. The first-order valence-electron chi connectivity index (χ1n) is 12.6. The summed E-state index contributed by atoms with van der Waals surface area (Å²) in [4.78, 5) is 16.2. The number of hydrogen-bond donors (Lipinski definition) is 2. The number of aryl methyl sites for hydroxylation is 1. The Labute approximate surface area is 233 Å². The van der Waals surface area contributed by atoms with Crippen molar-refractivity contribution in [3.63, 3.8) is 0 Å². The number of benzene rings is 3. The van der Waals surface area contributed by atoms with Crippen LogP contribution in [0.1, 0.15) is 41.6 Å². The SMILES string of the molecule is COc1cc(-n2c(C(C)(C)Cc3nc(C)no3)c(-c3ccc(C(=O)O)c(OC)c3)c3c(O)cc(F)cc32)ccc1F. The van der Waals surface area contributed by atoms with E-state index in [-0.39, 0.29) is 34.7 Å². The molecule has 3 aromatic carbocycles. The molecule has 0 saturated carbocycles. The molecule has 0 aliphatic heterocycles. The molecule has 2 aromatic heterocycles. The lowest BCUT2D eigenvalue weighted by Crippen LogP contribution is -2.25. The van der Waals surface area contributed by atoms with Gasteiger partial charge in [-0.05, 0) is 42.8 Å². The molecule has 2 heterocycles. The van der Waals surface area contributed by atoms with E-state index in [2.05, 4.69) is 10.1 Å². The zero-order chi connectivity index (χ0) is 29.6. The van der Waals surface area contributed by atoms with Crippen LogP contribution in [0, 0.1) is 18.6 Å². The van der Waals surface area contributed by atoms with E-state index in [1.807, 2.05) is 13.8 Å². The minimum Gasteiger partial charge on any atom is -0.507 e. The zero-order valence-corrected chi connectivity index (χ0v) is 23.0. The molecule has 212 valence electrons. The van der Waals surface area contributed by atoms with Crippen LogP contribution in [0.4, 0.5) is 8.78 Å². The van der Waals surface area contributed by atoms with Crippen molar-refractivity contribution in [2.45, 2.75) is 32.6 Å². The second-order valence-corrected chi connectivity index (χ2v) is 10.2. The Morgan fingerprint density at radius 1 is 1.05 bits per heavy atom. The number of carbonyl (C=O) groups is 1. The number of carboxylic acids is 1. The largest absolute Gasteiger partial charge is 0.507 e. The van der Waals surface area contributed by atoms with Gasteiger partial charge in [-0.2, -0.15) is 4.98 Å². The predicted molar refractivity (Wildman–Crippen MR) is 146 cm³/mol. The summed E-state index contributed by atoms with van der Waals surface area (Å²) in [7, 11) is 2.70. The molecule has 0 bridgehead atoms. The third kappa shape index (κ3) is 4.83. The number of ether oxygens (including phenoxy) is 2. The van der Waals surface area contributed by atoms with Gasteiger partial charge in [-0.1, -0.05) is 25.1 Å². The zero-order valence-electron chi connectivity index (χ0n) is 23.0. The highest BCUT2D eigenvalue weighted by Gasteiger charge is 2.35. The van der Waals surface area contributed by atoms with Crippen molar-refractivity contribution in [2.75, 3.05) is 14.2 Å². The molecule has 9 nitrogen and oxygen atoms in total. The van der Waals surface area contributed by atoms with Gasteiger partial charge in [-0.25, -0.2) is 13.6 Å². The van der Waals surface area contributed by atoms with Gasteiger partial charge in [-0.3, -0.25) is 0 Å². The number of aromatic hydroxyl groups is 1. The highest BCUT2D eigenvalue weighted by atomic mass is 19.1. The molecule has 41 heavy (non-hydrogen) atoms. The van der Waals surface area contributed by atoms with Crippen molar-refractivity contribution in [3.05, 3.63) is 83.1 Å². The normalized spacial score (nSPS) is 11.7. The van der Waals surface area contributed by atoms with Crippen LogP contribution in [0.2, 0.25) is 0 Å². The minimum atomic E-state index is -1.17. The number of aromatic carboxylic acids is 1. The summed E-state index contributed by atoms with van der Waals surface area (Å²) in [5.74, 6) is -1.92. The van der Waals surface area contributed by atoms with Crippen molar-refractivity contribution in [2.24, 2.45) is 0 Å². The average Bonchev–Trinajstić information content (AvgIpc) is 3.49. The number of methoxy groups -OCH3 is 2. The Hall–Kier alpha value is -4.93. The third-order valence-corrected chi connectivity index (χ3v) is 6.93. The molecule has 0 saturated heterocycles. The van der Waals surface area contributed by atoms with Crippen LogP contribution in [-0.4, -0.2) is 45.1 Å². The summed E-state index contributed by atoms with van der Waals surface area (Å²) in [5, 5.41) is 25.0. The first-order chi connectivity index (χ1) is 19.4. The Bertz CT molecular complexity index is 1810. The maximum absolute atomic E-state index is 14.9. The average molecular weight is 564 g/mol. The monoisotopic (exact) mass is 563 g/mol. The number of aromatic nitrogens is 3. The molecule has 0 unspecified atom stereocenters. The molecule has 0 aliphatic carbocycles. The highest BCUT2D eigenvalue weighted by molar-refractivity contribution is 6.04. The number of hydrogen-bond acceptors (Lipinski definition) is 7. The minimum absolute atomic E-state index is 0.0321. The van der Waals surface area contributed by atoms with E-state index in [4.69, 9.17) is 14.0 Å². The predicted octanol–water partition coefficient (Wildman–Crippen LogP) is 6.21. The molecule has 0 fully saturated rings. The molecule has 0 amide bonds. The van der Waals surface area contributed by atoms with E-state index >= 15 is 0 Å². The van der Waals surface area contributed by atoms with Crippen molar-refractivity contribution in [1.29, 1.82) is 0 Å². The van der Waals surface area contributed by atoms with Crippen molar-refractivity contribution < 1.29 is 37.8 Å². The lowest BCUT2D eigenvalue weighted by atomic mass is 9.81. The lowest BCUT2D eigenvalue weighted by molar-refractivity contribution is 0.0693. The summed E-state index contributed by atoms with van der Waals surface area (Å²) >= 11 is 0. The Kier molecular flexibility index (Phi) is 6.90. The van der Waals surface area contributed by atoms with E-state index in [0.29, 0.717) is 39.6 Å². The van der Waals surface area contributed by atoms with Gasteiger partial charge in [0.1, 0.15) is 22.9 Å². The Balaban J connectivity index is 1.94. The lowest BCUT2D eigenvalue weighted by Gasteiger charge is -2.28. The second kappa shape index (κ2) is 10.2. The summed E-state index contributed by atoms with van der Waals surface area (Å²) in [6, 6.07) is 11.1. The van der Waals surface area contributed by atoms with Gasteiger partial charge in [0, 0.05) is 40.9 Å². The molecule has 2 N–H and O–H groups in total. The second-order valence-electron chi connectivity index (χ2n) is 10.2. The maximum Gasteiger partial charge on any atom is 0.339 e. The molecule has 5 rings (SSSR count). The standard InChI is InChI=1S/C30H27F2N3O6/c1-15-33-25(41-34-15)14-30(2,3)28-26(16-6-8-19(29(37)38)23(10-16)39-4)27-21(11-17(31)12-22(27)36)35(28)18-7-9-20(32)24(13-18)40-5/h6-13,36H,14H2,1-5H3,(H,37,38). The highest BCUT2D eigenvalue weighted by Crippen LogP contribution is 2.48. The van der Waals surface area contributed by atoms with E-state index < -0.39 is 23.0 Å². The number of rotatable bonds is 8. The van der Waals surface area contributed by atoms with Gasteiger partial charge < -0.3 is 28.8 Å². The van der Waals surface area contributed by atoms with Gasteiger partial charge in [0.05, 0.1) is 25.1 Å². The number of carboxylic acid groups (broad SMARTS) is 1. The molecule has 11 heteroatoms. The van der Waals surface area contributed by atoms with Crippen LogP contribution in [0.25, 0.3) is 27.7 Å². The number of nitrogens with zero attached hydrogens (tertiary/aromatic N) is 3. The summed E-state index contributed by atoms with van der Waals surface area (Å²) in [6.45, 7) is 5.53. The Morgan fingerprint density at radius 3 is 2.41 bits per heavy atom. The smallest absolute Gasteiger partial charge is 0.339 e. The van der Waals surface area contributed by atoms with Crippen molar-refractivity contribution in [3.8, 4) is 34.1 Å². The molecule has 0 aliphatic rings. The fourth-order valence-corrected chi connectivity index (χ4v) is 5.24. The van der Waals surface area contributed by atoms with E-state index in [0.717, 1.165) is 6.07 Å². The number of phenols is 1. The molecule has 0 spiro atoms. The van der Waals surface area contributed by atoms with Gasteiger partial charge in [0.2, 0.25) is 5.89 Å². The van der Waals surface area contributed by atoms with Gasteiger partial charge in [-0.15, -0.1) is 0 Å². The van der Waals surface area contributed by atoms with Crippen LogP contribution in [0.5, 0.6) is 17.2 Å². The van der Waals surface area contributed by atoms with Crippen LogP contribution < -0.4 is 9.47 Å². The molecule has 0 radical (unpaired) electrons. The fraction of sp³-hybridized carbons (Fsp3) is 0.233. The molecular weight excluding hydrogens is 536 g/mol. The first kappa shape index (κ1) is 27.6.